The number of aliphatic imine (C=N–C) groups is 1. The van der Waals surface area contributed by atoms with Crippen LogP contribution < -0.4 is 15.9 Å². The number of hydrogen-bond acceptors (Lipinski definition) is 3. The van der Waals surface area contributed by atoms with Crippen molar-refractivity contribution in [2.45, 2.75) is 0 Å². The van der Waals surface area contributed by atoms with Crippen LogP contribution in [0.1, 0.15) is 5.56 Å². The zero-order chi connectivity index (χ0) is 23.1. The molecule has 1 aromatic heterocycles. The van der Waals surface area contributed by atoms with Crippen LogP contribution in [-0.4, -0.2) is 11.2 Å². The van der Waals surface area contributed by atoms with Crippen LogP contribution in [0.4, 0.5) is 11.5 Å². The molecule has 0 fully saturated rings. The normalized spacial score (nSPS) is 11.4. The smallest absolute Gasteiger partial charge is 0.151 e. The van der Waals surface area contributed by atoms with E-state index in [-0.39, 0.29) is 0 Å². The van der Waals surface area contributed by atoms with E-state index >= 15 is 0 Å². The molecule has 0 saturated carbocycles. The summed E-state index contributed by atoms with van der Waals surface area (Å²) in [6.45, 7) is 0. The van der Waals surface area contributed by atoms with Crippen LogP contribution in [0.3, 0.4) is 0 Å². The minimum atomic E-state index is -2.27. The predicted molar refractivity (Wildman–Crippen MR) is 145 cm³/mol. The quantitative estimate of drug-likeness (QED) is 0.208. The molecule has 5 rings (SSSR count). The molecule has 0 amide bonds. The first-order valence-electron chi connectivity index (χ1n) is 11.2. The maximum Gasteiger partial charge on any atom is 0.151 e. The fourth-order valence-electron chi connectivity index (χ4n) is 3.92. The molecule has 0 saturated heterocycles. The summed E-state index contributed by atoms with van der Waals surface area (Å²) in [7, 11) is -2.27. The lowest BCUT2D eigenvalue weighted by molar-refractivity contribution is 1.28. The third-order valence-electron chi connectivity index (χ3n) is 5.54. The molecule has 4 heteroatoms. The molecule has 0 aliphatic carbocycles. The van der Waals surface area contributed by atoms with Crippen LogP contribution >= 0.6 is 7.05 Å². The third-order valence-corrected chi connectivity index (χ3v) is 9.21. The molecule has 0 bridgehead atoms. The average Bonchev–Trinajstić information content (AvgIpc) is 2.93. The third kappa shape index (κ3) is 4.66. The molecule has 1 heterocycles. The van der Waals surface area contributed by atoms with E-state index in [9.17, 15) is 0 Å². The Morgan fingerprint density at radius 1 is 0.529 bits per heavy atom. The molecule has 4 aromatic carbocycles. The van der Waals surface area contributed by atoms with Gasteiger partial charge in [-0.3, -0.25) is 4.74 Å². The standard InChI is InChI=1S/C30H24N3P/c1-4-12-27(13-5-1)34(28-14-6-2-7-15-28,29-16-8-3-9-17-29)33-26-21-19-25(20-22-26)24-32-30-18-10-11-23-31-30/h1-24H. The number of rotatable bonds is 6. The van der Waals surface area contributed by atoms with E-state index in [0.717, 1.165) is 11.3 Å². The number of benzene rings is 4. The van der Waals surface area contributed by atoms with Gasteiger partial charge in [0.15, 0.2) is 5.82 Å². The predicted octanol–water partition coefficient (Wildman–Crippen LogP) is 6.64. The van der Waals surface area contributed by atoms with Gasteiger partial charge in [-0.05, 0) is 29.8 Å². The highest BCUT2D eigenvalue weighted by molar-refractivity contribution is 7.87. The molecule has 0 N–H and O–H groups in total. The second-order valence-electron chi connectivity index (χ2n) is 7.78. The summed E-state index contributed by atoms with van der Waals surface area (Å²) in [5, 5.41) is 3.69. The molecule has 3 nitrogen and oxygen atoms in total. The van der Waals surface area contributed by atoms with Crippen LogP contribution in [0.2, 0.25) is 0 Å². The van der Waals surface area contributed by atoms with Gasteiger partial charge < -0.3 is 0 Å². The maximum atomic E-state index is 5.51. The Morgan fingerprint density at radius 3 is 1.50 bits per heavy atom. The number of nitrogens with zero attached hydrogens (tertiary/aromatic N) is 3. The summed E-state index contributed by atoms with van der Waals surface area (Å²) in [4.78, 5) is 8.71. The van der Waals surface area contributed by atoms with Gasteiger partial charge in [-0.1, -0.05) is 109 Å². The minimum Gasteiger partial charge on any atom is -0.254 e. The lowest BCUT2D eigenvalue weighted by atomic mass is 10.2. The summed E-state index contributed by atoms with van der Waals surface area (Å²) >= 11 is 0. The zero-order valence-corrected chi connectivity index (χ0v) is 19.5. The molecule has 34 heavy (non-hydrogen) atoms. The lowest BCUT2D eigenvalue weighted by Gasteiger charge is -2.27. The highest BCUT2D eigenvalue weighted by atomic mass is 31.2. The number of hydrogen-bond donors (Lipinski definition) is 0. The van der Waals surface area contributed by atoms with Gasteiger partial charge in [-0.25, -0.2) is 9.98 Å². The monoisotopic (exact) mass is 457 g/mol. The number of aromatic nitrogens is 1. The number of pyridine rings is 1. The largest absolute Gasteiger partial charge is 0.254 e. The van der Waals surface area contributed by atoms with Crippen LogP contribution in [0.25, 0.3) is 0 Å². The Kier molecular flexibility index (Phi) is 6.56. The second kappa shape index (κ2) is 10.2. The fraction of sp³-hybridized carbons (Fsp3) is 0. The Morgan fingerprint density at radius 2 is 1.03 bits per heavy atom. The molecule has 5 aromatic rings. The van der Waals surface area contributed by atoms with Crippen molar-refractivity contribution in [2.75, 3.05) is 0 Å². The van der Waals surface area contributed by atoms with Crippen molar-refractivity contribution in [1.82, 2.24) is 4.98 Å². The molecule has 0 spiro atoms. The van der Waals surface area contributed by atoms with Gasteiger partial charge in [0.25, 0.3) is 0 Å². The van der Waals surface area contributed by atoms with E-state index < -0.39 is 7.05 Å². The van der Waals surface area contributed by atoms with Crippen LogP contribution in [0.15, 0.2) is 149 Å². The molecule has 0 aliphatic rings. The Balaban J connectivity index is 1.65. The summed E-state index contributed by atoms with van der Waals surface area (Å²) in [6, 6.07) is 45.9. The fourth-order valence-corrected chi connectivity index (χ4v) is 7.45. The lowest BCUT2D eigenvalue weighted by Crippen LogP contribution is -2.25. The van der Waals surface area contributed by atoms with E-state index in [0.29, 0.717) is 5.82 Å². The van der Waals surface area contributed by atoms with Crippen molar-refractivity contribution < 1.29 is 0 Å². The van der Waals surface area contributed by atoms with Crippen molar-refractivity contribution >= 4 is 40.7 Å². The first-order chi connectivity index (χ1) is 16.8. The zero-order valence-electron chi connectivity index (χ0n) is 18.6. The Hall–Kier alpha value is -4.07. The SMILES string of the molecule is C(=Nc1ccccn1)c1ccc(N=P(c2ccccc2)(c2ccccc2)c2ccccc2)cc1. The molecular formula is C30H24N3P. The topological polar surface area (TPSA) is 37.6 Å². The van der Waals surface area contributed by atoms with Gasteiger partial charge in [-0.2, -0.15) is 0 Å². The van der Waals surface area contributed by atoms with E-state index in [1.807, 2.05) is 24.4 Å². The van der Waals surface area contributed by atoms with E-state index in [1.54, 1.807) is 6.20 Å². The first kappa shape index (κ1) is 21.8. The van der Waals surface area contributed by atoms with Gasteiger partial charge in [-0.15, -0.1) is 0 Å². The van der Waals surface area contributed by atoms with E-state index in [4.69, 9.17) is 4.74 Å². The van der Waals surface area contributed by atoms with Gasteiger partial charge in [0, 0.05) is 28.3 Å². The van der Waals surface area contributed by atoms with Gasteiger partial charge in [0.1, 0.15) is 0 Å². The van der Waals surface area contributed by atoms with Crippen molar-refractivity contribution in [2.24, 2.45) is 9.74 Å². The van der Waals surface area contributed by atoms with Gasteiger partial charge >= 0.3 is 0 Å². The van der Waals surface area contributed by atoms with Crippen LogP contribution in [0, 0.1) is 0 Å². The van der Waals surface area contributed by atoms with E-state index in [2.05, 4.69) is 125 Å². The first-order valence-corrected chi connectivity index (χ1v) is 12.9. The van der Waals surface area contributed by atoms with E-state index in [1.165, 1.54) is 15.9 Å². The minimum absolute atomic E-state index is 0.693. The maximum absolute atomic E-state index is 5.51. The Labute approximate surface area is 200 Å². The second-order valence-corrected chi connectivity index (χ2v) is 10.8. The van der Waals surface area contributed by atoms with Crippen molar-refractivity contribution in [1.29, 1.82) is 0 Å². The highest BCUT2D eigenvalue weighted by Gasteiger charge is 2.27. The highest BCUT2D eigenvalue weighted by Crippen LogP contribution is 2.49. The summed E-state index contributed by atoms with van der Waals surface area (Å²) in [5.74, 6) is 0.693. The average molecular weight is 458 g/mol. The molecule has 0 atom stereocenters. The summed E-state index contributed by atoms with van der Waals surface area (Å²) in [5.41, 5.74) is 1.95. The molecule has 164 valence electrons. The molecule has 0 unspecified atom stereocenters. The summed E-state index contributed by atoms with van der Waals surface area (Å²) < 4.78 is 5.51. The van der Waals surface area contributed by atoms with Crippen molar-refractivity contribution in [3.63, 3.8) is 0 Å². The van der Waals surface area contributed by atoms with Crippen LogP contribution in [-0.2, 0) is 0 Å². The Bertz CT molecular complexity index is 1310. The van der Waals surface area contributed by atoms with Crippen molar-refractivity contribution in [3.8, 4) is 0 Å². The molecule has 0 radical (unpaired) electrons. The van der Waals surface area contributed by atoms with Gasteiger partial charge in [0.2, 0.25) is 0 Å². The molecule has 0 aliphatic heterocycles. The molecular weight excluding hydrogens is 433 g/mol. The summed E-state index contributed by atoms with van der Waals surface area (Å²) in [6.07, 6.45) is 3.58. The van der Waals surface area contributed by atoms with Crippen LogP contribution in [0.5, 0.6) is 0 Å². The van der Waals surface area contributed by atoms with Crippen molar-refractivity contribution in [3.05, 3.63) is 145 Å². The van der Waals surface area contributed by atoms with Gasteiger partial charge in [0.05, 0.1) is 12.7 Å².